The van der Waals surface area contributed by atoms with Crippen molar-refractivity contribution in [1.82, 2.24) is 5.32 Å². The molecule has 0 aliphatic heterocycles. The van der Waals surface area contributed by atoms with Crippen molar-refractivity contribution in [2.45, 2.75) is 6.18 Å². The van der Waals surface area contributed by atoms with E-state index in [2.05, 4.69) is 0 Å². The summed E-state index contributed by atoms with van der Waals surface area (Å²) in [6.07, 6.45) is -4.90. The van der Waals surface area contributed by atoms with Crippen molar-refractivity contribution in [3.05, 3.63) is 35.1 Å². The van der Waals surface area contributed by atoms with Gasteiger partial charge in [0.2, 0.25) is 5.91 Å². The number of alkyl halides is 3. The van der Waals surface area contributed by atoms with Crippen molar-refractivity contribution >= 4 is 11.8 Å². The van der Waals surface area contributed by atoms with Crippen LogP contribution in [0, 0.1) is 5.82 Å². The van der Waals surface area contributed by atoms with Crippen LogP contribution >= 0.6 is 0 Å². The van der Waals surface area contributed by atoms with Gasteiger partial charge in [-0.05, 0) is 18.2 Å². The van der Waals surface area contributed by atoms with Gasteiger partial charge in [-0.1, -0.05) is 0 Å². The van der Waals surface area contributed by atoms with Gasteiger partial charge in [-0.15, -0.1) is 0 Å². The normalized spacial score (nSPS) is 11.1. The molecule has 0 fully saturated rings. The minimum Gasteiger partial charge on any atom is -0.368 e. The van der Waals surface area contributed by atoms with Crippen LogP contribution in [0.1, 0.15) is 15.9 Å². The number of carbonyl (C=O) groups is 2. The molecule has 18 heavy (non-hydrogen) atoms. The van der Waals surface area contributed by atoms with E-state index in [9.17, 15) is 27.2 Å². The monoisotopic (exact) mass is 264 g/mol. The van der Waals surface area contributed by atoms with Gasteiger partial charge < -0.3 is 11.1 Å². The Labute approximate surface area is 98.8 Å². The molecule has 1 aromatic carbocycles. The third-order valence-electron chi connectivity index (χ3n) is 1.96. The summed E-state index contributed by atoms with van der Waals surface area (Å²) in [5, 5.41) is 1.99. The molecule has 1 rings (SSSR count). The number of benzene rings is 1. The van der Waals surface area contributed by atoms with Crippen molar-refractivity contribution in [3.8, 4) is 0 Å². The number of halogens is 4. The topological polar surface area (TPSA) is 72.2 Å². The largest absolute Gasteiger partial charge is 0.419 e. The van der Waals surface area contributed by atoms with Crippen molar-refractivity contribution in [2.24, 2.45) is 5.73 Å². The van der Waals surface area contributed by atoms with Gasteiger partial charge in [0.05, 0.1) is 12.1 Å². The van der Waals surface area contributed by atoms with E-state index in [0.717, 1.165) is 6.07 Å². The van der Waals surface area contributed by atoms with E-state index in [0.29, 0.717) is 12.1 Å². The molecule has 0 atom stereocenters. The highest BCUT2D eigenvalue weighted by atomic mass is 19.4. The average Bonchev–Trinajstić information content (AvgIpc) is 2.24. The fraction of sp³-hybridized carbons (Fsp3) is 0.200. The van der Waals surface area contributed by atoms with Gasteiger partial charge in [0.25, 0.3) is 5.91 Å². The van der Waals surface area contributed by atoms with Crippen molar-refractivity contribution in [1.29, 1.82) is 0 Å². The quantitative estimate of drug-likeness (QED) is 0.801. The van der Waals surface area contributed by atoms with Gasteiger partial charge >= 0.3 is 6.18 Å². The van der Waals surface area contributed by atoms with E-state index in [1.54, 1.807) is 0 Å². The van der Waals surface area contributed by atoms with Crippen LogP contribution < -0.4 is 11.1 Å². The molecule has 8 heteroatoms. The predicted octanol–water partition coefficient (Wildman–Crippen LogP) is 1.06. The Balaban J connectivity index is 2.98. The summed E-state index contributed by atoms with van der Waals surface area (Å²) in [6.45, 7) is -0.516. The van der Waals surface area contributed by atoms with Gasteiger partial charge in [0.1, 0.15) is 5.82 Å². The second kappa shape index (κ2) is 5.03. The highest BCUT2D eigenvalue weighted by molar-refractivity contribution is 5.96. The first-order valence-corrected chi connectivity index (χ1v) is 4.65. The zero-order valence-electron chi connectivity index (χ0n) is 8.84. The van der Waals surface area contributed by atoms with E-state index in [1.165, 1.54) is 0 Å². The number of amides is 2. The summed E-state index contributed by atoms with van der Waals surface area (Å²) < 4.78 is 50.0. The molecule has 3 N–H and O–H groups in total. The van der Waals surface area contributed by atoms with E-state index >= 15 is 0 Å². The number of carbonyl (C=O) groups excluding carboxylic acids is 2. The molecular weight excluding hydrogens is 256 g/mol. The third kappa shape index (κ3) is 3.44. The molecule has 0 aromatic heterocycles. The van der Waals surface area contributed by atoms with Crippen LogP contribution in [0.15, 0.2) is 18.2 Å². The Morgan fingerprint density at radius 1 is 1.28 bits per heavy atom. The molecule has 0 spiro atoms. The van der Waals surface area contributed by atoms with Crippen LogP contribution in [0.4, 0.5) is 17.6 Å². The van der Waals surface area contributed by atoms with Crippen LogP contribution in [-0.2, 0) is 11.0 Å². The van der Waals surface area contributed by atoms with Crippen LogP contribution in [0.5, 0.6) is 0 Å². The number of primary amides is 1. The highest BCUT2D eigenvalue weighted by Gasteiger charge is 2.34. The van der Waals surface area contributed by atoms with Crippen molar-refractivity contribution < 1.29 is 27.2 Å². The van der Waals surface area contributed by atoms with Crippen molar-refractivity contribution in [2.75, 3.05) is 6.54 Å². The maximum Gasteiger partial charge on any atom is 0.419 e. The maximum absolute atomic E-state index is 12.9. The zero-order chi connectivity index (χ0) is 13.9. The van der Waals surface area contributed by atoms with Gasteiger partial charge in [-0.3, -0.25) is 9.59 Å². The minimum absolute atomic E-state index is 0.367. The lowest BCUT2D eigenvalue weighted by Gasteiger charge is -2.09. The Bertz CT molecular complexity index is 485. The number of nitrogens with two attached hydrogens (primary N) is 1. The lowest BCUT2D eigenvalue weighted by Crippen LogP contribution is -2.33. The van der Waals surface area contributed by atoms with E-state index in [-0.39, 0.29) is 0 Å². The molecular formula is C10H8F4N2O2. The Morgan fingerprint density at radius 2 is 1.89 bits per heavy atom. The van der Waals surface area contributed by atoms with Crippen LogP contribution in [0.2, 0.25) is 0 Å². The SMILES string of the molecule is NC(=O)CNC(=O)c1ccc(F)c(C(F)(F)F)c1. The zero-order valence-corrected chi connectivity index (χ0v) is 8.84. The number of hydrogen-bond acceptors (Lipinski definition) is 2. The molecule has 0 aliphatic carbocycles. The third-order valence-corrected chi connectivity index (χ3v) is 1.96. The smallest absolute Gasteiger partial charge is 0.368 e. The second-order valence-corrected chi connectivity index (χ2v) is 3.34. The van der Waals surface area contributed by atoms with E-state index in [1.807, 2.05) is 5.32 Å². The summed E-state index contributed by atoms with van der Waals surface area (Å²) in [7, 11) is 0. The second-order valence-electron chi connectivity index (χ2n) is 3.34. The van der Waals surface area contributed by atoms with Gasteiger partial charge in [0.15, 0.2) is 0 Å². The number of hydrogen-bond donors (Lipinski definition) is 2. The molecule has 0 unspecified atom stereocenters. The lowest BCUT2D eigenvalue weighted by molar-refractivity contribution is -0.140. The molecule has 0 radical (unpaired) electrons. The maximum atomic E-state index is 12.9. The summed E-state index contributed by atoms with van der Waals surface area (Å²) in [6, 6.07) is 1.77. The lowest BCUT2D eigenvalue weighted by atomic mass is 10.1. The fourth-order valence-corrected chi connectivity index (χ4v) is 1.15. The van der Waals surface area contributed by atoms with Gasteiger partial charge in [0, 0.05) is 5.56 Å². The van der Waals surface area contributed by atoms with Gasteiger partial charge in [-0.25, -0.2) is 4.39 Å². The molecule has 4 nitrogen and oxygen atoms in total. The summed E-state index contributed by atoms with van der Waals surface area (Å²) >= 11 is 0. The van der Waals surface area contributed by atoms with Crippen LogP contribution in [0.3, 0.4) is 0 Å². The fourth-order valence-electron chi connectivity index (χ4n) is 1.15. The average molecular weight is 264 g/mol. The molecule has 98 valence electrons. The Hall–Kier alpha value is -2.12. The van der Waals surface area contributed by atoms with Crippen LogP contribution in [0.25, 0.3) is 0 Å². The molecule has 0 aliphatic rings. The molecule has 1 aromatic rings. The summed E-state index contributed by atoms with van der Waals surface area (Å²) in [4.78, 5) is 21.7. The van der Waals surface area contributed by atoms with Crippen LogP contribution in [-0.4, -0.2) is 18.4 Å². The summed E-state index contributed by atoms with van der Waals surface area (Å²) in [5.74, 6) is -3.27. The van der Waals surface area contributed by atoms with Crippen molar-refractivity contribution in [3.63, 3.8) is 0 Å². The molecule has 0 heterocycles. The number of nitrogens with one attached hydrogen (secondary N) is 1. The molecule has 0 bridgehead atoms. The highest BCUT2D eigenvalue weighted by Crippen LogP contribution is 2.31. The molecule has 0 saturated heterocycles. The first kappa shape index (κ1) is 13.9. The number of rotatable bonds is 3. The van der Waals surface area contributed by atoms with E-state index < -0.39 is 41.5 Å². The standard InChI is InChI=1S/C10H8F4N2O2/c11-7-2-1-5(3-6(7)10(12,13)14)9(18)16-4-8(15)17/h1-3H,4H2,(H2,15,17)(H,16,18). The van der Waals surface area contributed by atoms with Gasteiger partial charge in [-0.2, -0.15) is 13.2 Å². The Kier molecular flexibility index (Phi) is 3.89. The first-order chi connectivity index (χ1) is 8.21. The molecule has 2 amide bonds. The summed E-state index contributed by atoms with van der Waals surface area (Å²) in [5.41, 5.74) is 2.79. The predicted molar refractivity (Wildman–Crippen MR) is 52.9 cm³/mol. The molecule has 0 saturated carbocycles. The Morgan fingerprint density at radius 3 is 2.39 bits per heavy atom. The van der Waals surface area contributed by atoms with E-state index in [4.69, 9.17) is 5.73 Å². The minimum atomic E-state index is -4.90. The first-order valence-electron chi connectivity index (χ1n) is 4.65.